The lowest BCUT2D eigenvalue weighted by molar-refractivity contribution is 0.179. The Hall–Kier alpha value is -1.44. The van der Waals surface area contributed by atoms with Crippen LogP contribution in [-0.4, -0.2) is 44.3 Å². The van der Waals surface area contributed by atoms with E-state index in [1.54, 1.807) is 36.8 Å². The van der Waals surface area contributed by atoms with Crippen molar-refractivity contribution in [2.75, 3.05) is 27.3 Å². The lowest BCUT2D eigenvalue weighted by Crippen LogP contribution is -2.44. The molecule has 2 N–H and O–H groups in total. The van der Waals surface area contributed by atoms with E-state index in [1.807, 2.05) is 6.92 Å². The number of nitrogens with zero attached hydrogens (tertiary/aromatic N) is 2. The van der Waals surface area contributed by atoms with Crippen LogP contribution in [0, 0.1) is 6.92 Å². The van der Waals surface area contributed by atoms with Gasteiger partial charge in [0.2, 0.25) is 0 Å². The summed E-state index contributed by atoms with van der Waals surface area (Å²) in [6, 6.07) is 4.56. The average Bonchev–Trinajstić information content (AvgIpc) is 3.15. The molecule has 0 amide bonds. The molecule has 5 nitrogen and oxygen atoms in total. The molecule has 0 saturated carbocycles. The highest BCUT2D eigenvalue weighted by atomic mass is 32.1. The highest BCUT2D eigenvalue weighted by Crippen LogP contribution is 2.29. The number of thiophene rings is 1. The van der Waals surface area contributed by atoms with Gasteiger partial charge in [-0.1, -0.05) is 0 Å². The van der Waals surface area contributed by atoms with Gasteiger partial charge in [-0.25, -0.2) is 4.98 Å². The van der Waals surface area contributed by atoms with Crippen molar-refractivity contribution >= 4 is 28.6 Å². The van der Waals surface area contributed by atoms with E-state index in [1.165, 1.54) is 9.75 Å². The van der Waals surface area contributed by atoms with Gasteiger partial charge in [-0.3, -0.25) is 4.99 Å². The van der Waals surface area contributed by atoms with Crippen molar-refractivity contribution in [2.45, 2.75) is 26.3 Å². The molecule has 0 aliphatic carbocycles. The monoisotopic (exact) mass is 352 g/mol. The maximum absolute atomic E-state index is 5.12. The first-order valence-corrected chi connectivity index (χ1v) is 9.29. The first-order valence-electron chi connectivity index (χ1n) is 7.59. The van der Waals surface area contributed by atoms with Gasteiger partial charge in [0.05, 0.1) is 22.2 Å². The van der Waals surface area contributed by atoms with Gasteiger partial charge in [0.15, 0.2) is 5.96 Å². The van der Waals surface area contributed by atoms with Gasteiger partial charge in [-0.15, -0.1) is 22.7 Å². The van der Waals surface area contributed by atoms with Gasteiger partial charge in [0.25, 0.3) is 0 Å². The van der Waals surface area contributed by atoms with Crippen molar-refractivity contribution in [3.63, 3.8) is 0 Å². The summed E-state index contributed by atoms with van der Waals surface area (Å²) in [5, 5.41) is 9.86. The third kappa shape index (κ3) is 5.60. The third-order valence-electron chi connectivity index (χ3n) is 3.22. The number of ether oxygens (including phenoxy) is 1. The SMILES string of the molecule is CN=C(NCCc1ccc(-c2csc(C)n2)s1)NC(C)COC. The first-order chi connectivity index (χ1) is 11.1. The summed E-state index contributed by atoms with van der Waals surface area (Å²) >= 11 is 3.50. The number of guanidine groups is 1. The summed E-state index contributed by atoms with van der Waals surface area (Å²) in [7, 11) is 3.48. The minimum Gasteiger partial charge on any atom is -0.383 e. The van der Waals surface area contributed by atoms with Crippen molar-refractivity contribution in [3.05, 3.63) is 27.4 Å². The van der Waals surface area contributed by atoms with Crippen LogP contribution in [0.1, 0.15) is 16.8 Å². The molecule has 1 unspecified atom stereocenters. The van der Waals surface area contributed by atoms with Crippen molar-refractivity contribution in [3.8, 4) is 10.6 Å². The second-order valence-electron chi connectivity index (χ2n) is 5.27. The quantitative estimate of drug-likeness (QED) is 0.594. The molecule has 0 spiro atoms. The van der Waals surface area contributed by atoms with E-state index in [-0.39, 0.29) is 6.04 Å². The molecule has 0 aliphatic rings. The largest absolute Gasteiger partial charge is 0.383 e. The lowest BCUT2D eigenvalue weighted by atomic mass is 10.3. The van der Waals surface area contributed by atoms with Crippen LogP contribution in [0.25, 0.3) is 10.6 Å². The molecule has 23 heavy (non-hydrogen) atoms. The number of aryl methyl sites for hydroxylation is 1. The Morgan fingerprint density at radius 1 is 1.43 bits per heavy atom. The fraction of sp³-hybridized carbons (Fsp3) is 0.500. The molecule has 0 fully saturated rings. The van der Waals surface area contributed by atoms with Crippen LogP contribution in [0.15, 0.2) is 22.5 Å². The van der Waals surface area contributed by atoms with E-state index in [2.05, 4.69) is 45.0 Å². The van der Waals surface area contributed by atoms with Crippen molar-refractivity contribution in [2.24, 2.45) is 4.99 Å². The molecular formula is C16H24N4OS2. The predicted molar refractivity (Wildman–Crippen MR) is 99.7 cm³/mol. The van der Waals surface area contributed by atoms with Crippen molar-refractivity contribution in [1.29, 1.82) is 0 Å². The maximum atomic E-state index is 5.12. The topological polar surface area (TPSA) is 58.5 Å². The maximum Gasteiger partial charge on any atom is 0.191 e. The summed E-state index contributed by atoms with van der Waals surface area (Å²) in [5.41, 5.74) is 1.09. The molecule has 126 valence electrons. The Morgan fingerprint density at radius 3 is 2.91 bits per heavy atom. The average molecular weight is 353 g/mol. The number of aliphatic imine (C=N–C) groups is 1. The molecule has 1 atom stereocenters. The standard InChI is InChI=1S/C16H24N4OS2/c1-11(9-21-4)19-16(17-3)18-8-7-13-5-6-15(23-13)14-10-22-12(2)20-14/h5-6,10-11H,7-9H2,1-4H3,(H2,17,18,19). The number of rotatable bonds is 7. The van der Waals surface area contributed by atoms with Gasteiger partial charge in [-0.2, -0.15) is 0 Å². The Labute approximate surface area is 145 Å². The number of thiazole rings is 1. The molecule has 2 aromatic rings. The Bertz CT molecular complexity index is 636. The number of aromatic nitrogens is 1. The summed E-state index contributed by atoms with van der Waals surface area (Å²) < 4.78 is 5.12. The van der Waals surface area contributed by atoms with E-state index < -0.39 is 0 Å². The van der Waals surface area contributed by atoms with Crippen LogP contribution < -0.4 is 10.6 Å². The molecule has 0 saturated heterocycles. The van der Waals surface area contributed by atoms with E-state index >= 15 is 0 Å². The van der Waals surface area contributed by atoms with Gasteiger partial charge in [-0.05, 0) is 32.4 Å². The first kappa shape index (κ1) is 17.9. The molecule has 0 bridgehead atoms. The molecule has 2 aromatic heterocycles. The Kier molecular flexibility index (Phi) is 7.01. The summed E-state index contributed by atoms with van der Waals surface area (Å²) in [6.07, 6.45) is 0.965. The molecule has 0 radical (unpaired) electrons. The third-order valence-corrected chi connectivity index (χ3v) is 5.16. The second kappa shape index (κ2) is 9.00. The lowest BCUT2D eigenvalue weighted by Gasteiger charge is -2.16. The van der Waals surface area contributed by atoms with Crippen LogP contribution in [0.5, 0.6) is 0 Å². The fourth-order valence-electron chi connectivity index (χ4n) is 2.15. The van der Waals surface area contributed by atoms with E-state index in [9.17, 15) is 0 Å². The molecular weight excluding hydrogens is 328 g/mol. The zero-order chi connectivity index (χ0) is 16.7. The smallest absolute Gasteiger partial charge is 0.191 e. The summed E-state index contributed by atoms with van der Waals surface area (Å²) in [6.45, 7) is 5.60. The van der Waals surface area contributed by atoms with Gasteiger partial charge in [0, 0.05) is 37.0 Å². The van der Waals surface area contributed by atoms with Gasteiger partial charge >= 0.3 is 0 Å². The highest BCUT2D eigenvalue weighted by Gasteiger charge is 2.07. The predicted octanol–water partition coefficient (Wildman–Crippen LogP) is 2.92. The second-order valence-corrected chi connectivity index (χ2v) is 7.50. The van der Waals surface area contributed by atoms with E-state index in [0.717, 1.165) is 29.6 Å². The zero-order valence-electron chi connectivity index (χ0n) is 14.0. The number of hydrogen-bond donors (Lipinski definition) is 2. The minimum absolute atomic E-state index is 0.229. The van der Waals surface area contributed by atoms with Crippen LogP contribution in [0.2, 0.25) is 0 Å². The van der Waals surface area contributed by atoms with Crippen molar-refractivity contribution < 1.29 is 4.74 Å². The Balaban J connectivity index is 1.81. The van der Waals surface area contributed by atoms with Gasteiger partial charge < -0.3 is 15.4 Å². The number of nitrogens with one attached hydrogen (secondary N) is 2. The van der Waals surface area contributed by atoms with Crippen molar-refractivity contribution in [1.82, 2.24) is 15.6 Å². The molecule has 0 aromatic carbocycles. The summed E-state index contributed by atoms with van der Waals surface area (Å²) in [4.78, 5) is 11.4. The van der Waals surface area contributed by atoms with Crippen LogP contribution in [0.4, 0.5) is 0 Å². The van der Waals surface area contributed by atoms with E-state index in [4.69, 9.17) is 4.74 Å². The fourth-order valence-corrected chi connectivity index (χ4v) is 3.81. The number of hydrogen-bond acceptors (Lipinski definition) is 5. The van der Waals surface area contributed by atoms with Crippen LogP contribution >= 0.6 is 22.7 Å². The molecule has 2 rings (SSSR count). The zero-order valence-corrected chi connectivity index (χ0v) is 15.7. The molecule has 2 heterocycles. The summed E-state index contributed by atoms with van der Waals surface area (Å²) in [5.74, 6) is 0.807. The molecule has 0 aliphatic heterocycles. The van der Waals surface area contributed by atoms with Gasteiger partial charge in [0.1, 0.15) is 0 Å². The minimum atomic E-state index is 0.229. The van der Waals surface area contributed by atoms with Crippen LogP contribution in [0.3, 0.4) is 0 Å². The number of methoxy groups -OCH3 is 1. The highest BCUT2D eigenvalue weighted by molar-refractivity contribution is 7.16. The molecule has 7 heteroatoms. The normalized spacial score (nSPS) is 13.1. The van der Waals surface area contributed by atoms with Crippen LogP contribution in [-0.2, 0) is 11.2 Å². The van der Waals surface area contributed by atoms with E-state index in [0.29, 0.717) is 6.61 Å². The Morgan fingerprint density at radius 2 is 2.26 bits per heavy atom.